The monoisotopic (exact) mass is 688 g/mol. The summed E-state index contributed by atoms with van der Waals surface area (Å²) < 4.78 is 11.4. The van der Waals surface area contributed by atoms with Gasteiger partial charge >= 0.3 is 12.2 Å². The molecule has 0 atom stereocenters. The molecule has 6 aromatic rings. The summed E-state index contributed by atoms with van der Waals surface area (Å²) in [7, 11) is 0. The van der Waals surface area contributed by atoms with Crippen molar-refractivity contribution in [2.75, 3.05) is 13.1 Å². The Morgan fingerprint density at radius 3 is 1.29 bits per heavy atom. The van der Waals surface area contributed by atoms with Crippen LogP contribution in [0, 0.1) is 0 Å². The maximum absolute atomic E-state index is 13.4. The molecule has 2 heterocycles. The van der Waals surface area contributed by atoms with Gasteiger partial charge in [-0.25, -0.2) is 9.59 Å². The van der Waals surface area contributed by atoms with E-state index in [2.05, 4.69) is 58.5 Å². The topological polar surface area (TPSA) is 84.9 Å². The van der Waals surface area contributed by atoms with Crippen LogP contribution in [0.2, 0.25) is 0 Å². The fourth-order valence-electron chi connectivity index (χ4n) is 5.30. The molecule has 0 bridgehead atoms. The van der Waals surface area contributed by atoms with Gasteiger partial charge in [0.05, 0.1) is 20.8 Å². The van der Waals surface area contributed by atoms with E-state index in [0.717, 1.165) is 43.1 Å². The molecule has 0 aliphatic carbocycles. The molecule has 248 valence electrons. The van der Waals surface area contributed by atoms with Crippen molar-refractivity contribution in [1.29, 1.82) is 0 Å². The average molecular weight is 689 g/mol. The number of rotatable bonds is 14. The lowest BCUT2D eigenvalue weighted by atomic mass is 10.0. The Morgan fingerprint density at radius 1 is 0.531 bits per heavy atom. The quantitative estimate of drug-likeness (QED) is 0.113. The smallest absolute Gasteiger partial charge is 0.410 e. The summed E-state index contributed by atoms with van der Waals surface area (Å²) in [5, 5.41) is 0. The zero-order chi connectivity index (χ0) is 33.7. The number of nitrogens with zero attached hydrogens (tertiary/aromatic N) is 4. The fourth-order valence-corrected chi connectivity index (χ4v) is 6.32. The zero-order valence-corrected chi connectivity index (χ0v) is 28.5. The molecule has 0 saturated carbocycles. The van der Waals surface area contributed by atoms with Gasteiger partial charge in [0.1, 0.15) is 13.2 Å². The van der Waals surface area contributed by atoms with E-state index in [1.807, 2.05) is 60.7 Å². The fraction of sp³-hybridized carbons (Fsp3) is 0.179. The molecule has 10 heteroatoms. The second kappa shape index (κ2) is 17.2. The third-order valence-electron chi connectivity index (χ3n) is 7.88. The van der Waals surface area contributed by atoms with Gasteiger partial charge in [-0.1, -0.05) is 109 Å². The van der Waals surface area contributed by atoms with Crippen LogP contribution in [0.15, 0.2) is 133 Å². The van der Waals surface area contributed by atoms with E-state index in [1.54, 1.807) is 33.2 Å². The van der Waals surface area contributed by atoms with Gasteiger partial charge in [-0.15, -0.1) is 22.7 Å². The summed E-state index contributed by atoms with van der Waals surface area (Å²) in [5.41, 5.74) is 9.86. The third-order valence-corrected chi connectivity index (χ3v) is 9.39. The van der Waals surface area contributed by atoms with Gasteiger partial charge in [0, 0.05) is 38.6 Å². The van der Waals surface area contributed by atoms with Crippen LogP contribution < -0.4 is 0 Å². The summed E-state index contributed by atoms with van der Waals surface area (Å²) in [5.74, 6) is 0. The van der Waals surface area contributed by atoms with E-state index < -0.39 is 12.2 Å². The molecule has 0 saturated heterocycles. The van der Waals surface area contributed by atoms with E-state index >= 15 is 0 Å². The van der Waals surface area contributed by atoms with Gasteiger partial charge in [0.25, 0.3) is 0 Å². The molecule has 0 aliphatic heterocycles. The van der Waals surface area contributed by atoms with Crippen LogP contribution in [-0.2, 0) is 35.8 Å². The van der Waals surface area contributed by atoms with Crippen LogP contribution >= 0.6 is 22.7 Å². The van der Waals surface area contributed by atoms with Gasteiger partial charge in [0.15, 0.2) is 0 Å². The first-order chi connectivity index (χ1) is 24.1. The van der Waals surface area contributed by atoms with E-state index in [4.69, 9.17) is 9.47 Å². The lowest BCUT2D eigenvalue weighted by Gasteiger charge is -2.26. The van der Waals surface area contributed by atoms with E-state index in [1.165, 1.54) is 22.7 Å². The van der Waals surface area contributed by atoms with Crippen molar-refractivity contribution in [3.8, 4) is 22.3 Å². The van der Waals surface area contributed by atoms with Gasteiger partial charge in [0.2, 0.25) is 0 Å². The Morgan fingerprint density at radius 2 is 0.918 bits per heavy atom. The zero-order valence-electron chi connectivity index (χ0n) is 26.9. The lowest BCUT2D eigenvalue weighted by molar-refractivity contribution is 0.0850. The minimum atomic E-state index is -0.420. The average Bonchev–Trinajstić information content (AvgIpc) is 3.89. The number of amides is 2. The number of benzene rings is 4. The van der Waals surface area contributed by atoms with Gasteiger partial charge in [-0.05, 0) is 39.8 Å². The Hall–Kier alpha value is -5.32. The van der Waals surface area contributed by atoms with Crippen molar-refractivity contribution in [2.45, 2.75) is 32.7 Å². The van der Waals surface area contributed by atoms with Crippen LogP contribution in [0.4, 0.5) is 9.59 Å². The Labute approximate surface area is 294 Å². The minimum Gasteiger partial charge on any atom is -0.444 e. The predicted molar refractivity (Wildman–Crippen MR) is 194 cm³/mol. The van der Waals surface area contributed by atoms with Crippen molar-refractivity contribution < 1.29 is 19.1 Å². The van der Waals surface area contributed by atoms with Crippen LogP contribution in [0.25, 0.3) is 22.3 Å². The first-order valence-corrected chi connectivity index (χ1v) is 17.7. The molecule has 0 aliphatic rings. The largest absolute Gasteiger partial charge is 0.444 e. The number of hydrogen-bond donors (Lipinski definition) is 0. The summed E-state index contributed by atoms with van der Waals surface area (Å²) in [6.07, 6.45) is 3.09. The van der Waals surface area contributed by atoms with Gasteiger partial charge in [-0.3, -0.25) is 9.97 Å². The van der Waals surface area contributed by atoms with E-state index in [9.17, 15) is 9.59 Å². The van der Waals surface area contributed by atoms with Crippen LogP contribution in [0.1, 0.15) is 27.3 Å². The van der Waals surface area contributed by atoms with Crippen molar-refractivity contribution in [2.24, 2.45) is 0 Å². The lowest BCUT2D eigenvalue weighted by Crippen LogP contribution is -2.36. The number of carbonyl (C=O) groups excluding carboxylic acids is 2. The highest BCUT2D eigenvalue weighted by atomic mass is 32.1. The molecule has 0 radical (unpaired) electrons. The summed E-state index contributed by atoms with van der Waals surface area (Å²) >= 11 is 2.88. The highest BCUT2D eigenvalue weighted by molar-refractivity contribution is 7.09. The first-order valence-electron chi connectivity index (χ1n) is 16.0. The van der Waals surface area contributed by atoms with Gasteiger partial charge < -0.3 is 19.3 Å². The normalized spacial score (nSPS) is 10.8. The Balaban J connectivity index is 1.13. The molecule has 0 fully saturated rings. The molecule has 6 rings (SSSR count). The molecular weight excluding hydrogens is 653 g/mol. The number of aromatic nitrogens is 2. The maximum atomic E-state index is 13.4. The van der Waals surface area contributed by atoms with Crippen molar-refractivity contribution in [1.82, 2.24) is 19.8 Å². The number of hydrogen-bond acceptors (Lipinski definition) is 8. The van der Waals surface area contributed by atoms with Crippen LogP contribution in [0.5, 0.6) is 0 Å². The highest BCUT2D eigenvalue weighted by Gasteiger charge is 2.20. The van der Waals surface area contributed by atoms with Crippen LogP contribution in [0.3, 0.4) is 0 Å². The summed E-state index contributed by atoms with van der Waals surface area (Å²) in [6, 6.07) is 36.8. The molecule has 4 aromatic carbocycles. The van der Waals surface area contributed by atoms with Gasteiger partial charge in [-0.2, -0.15) is 0 Å². The van der Waals surface area contributed by atoms with Crippen molar-refractivity contribution >= 4 is 34.9 Å². The highest BCUT2D eigenvalue weighted by Crippen LogP contribution is 2.22. The number of thiazole rings is 2. The second-order valence-corrected chi connectivity index (χ2v) is 13.3. The van der Waals surface area contributed by atoms with Crippen LogP contribution in [-0.4, -0.2) is 45.0 Å². The van der Waals surface area contributed by atoms with Crippen molar-refractivity contribution in [3.05, 3.63) is 153 Å². The molecule has 8 nitrogen and oxygen atoms in total. The summed E-state index contributed by atoms with van der Waals surface area (Å²) in [4.78, 5) is 40.1. The summed E-state index contributed by atoms with van der Waals surface area (Å²) in [6.45, 7) is 1.81. The standard InChI is InChI=1S/C39H36N4O4S2/c44-38(46-26-36-22-40-28-48-36)42(24-30-12-16-34(17-13-30)32-8-3-1-4-9-32)20-7-21-43(39(45)47-27-37-23-41-29-49-37)25-31-14-18-35(19-15-31)33-10-5-2-6-11-33/h1-6,8-19,22-23,28-29H,7,20-21,24-27H2. The number of carbonyl (C=O) groups is 2. The molecule has 49 heavy (non-hydrogen) atoms. The van der Waals surface area contributed by atoms with E-state index in [-0.39, 0.29) is 13.2 Å². The molecule has 0 spiro atoms. The molecular formula is C39H36N4O4S2. The molecule has 2 amide bonds. The van der Waals surface area contributed by atoms with E-state index in [0.29, 0.717) is 32.6 Å². The SMILES string of the molecule is O=C(OCc1cncs1)N(CCCN(Cc1ccc(-c2ccccc2)cc1)C(=O)OCc1cncs1)Cc1ccc(-c2ccccc2)cc1. The Bertz CT molecular complexity index is 1730. The molecule has 0 N–H and O–H groups in total. The minimum absolute atomic E-state index is 0.155. The molecule has 2 aromatic heterocycles. The predicted octanol–water partition coefficient (Wildman–Crippen LogP) is 9.30. The first kappa shape index (κ1) is 33.6. The maximum Gasteiger partial charge on any atom is 0.410 e. The number of ether oxygens (including phenoxy) is 2. The Kier molecular flexibility index (Phi) is 11.8. The van der Waals surface area contributed by atoms with Crippen molar-refractivity contribution in [3.63, 3.8) is 0 Å². The third kappa shape index (κ3) is 9.85. The second-order valence-electron chi connectivity index (χ2n) is 11.4. The molecule has 0 unspecified atom stereocenters.